The van der Waals surface area contributed by atoms with Crippen LogP contribution in [0.2, 0.25) is 0 Å². The highest BCUT2D eigenvalue weighted by molar-refractivity contribution is 5.88. The number of hydrogen-bond donors (Lipinski definition) is 2. The molecule has 3 rings (SSSR count). The first kappa shape index (κ1) is 13.9. The predicted molar refractivity (Wildman–Crippen MR) is 80.8 cm³/mol. The molecule has 1 fully saturated rings. The van der Waals surface area contributed by atoms with Gasteiger partial charge in [0.05, 0.1) is 0 Å². The summed E-state index contributed by atoms with van der Waals surface area (Å²) in [5.74, 6) is -0.352. The maximum Gasteiger partial charge on any atom is 0.299 e. The van der Waals surface area contributed by atoms with E-state index in [1.807, 2.05) is 29.2 Å². The molecule has 112 valence electrons. The molecule has 1 aromatic heterocycles. The molecule has 0 radical (unpaired) electrons. The molecule has 1 saturated heterocycles. The van der Waals surface area contributed by atoms with E-state index in [4.69, 9.17) is 15.9 Å². The quantitative estimate of drug-likeness (QED) is 0.886. The van der Waals surface area contributed by atoms with Gasteiger partial charge >= 0.3 is 0 Å². The van der Waals surface area contributed by atoms with Crippen molar-refractivity contribution in [1.29, 1.82) is 0 Å². The SMILES string of the molecule is NCCC1(C(N)=O)CCCCN1c1nc2ccccc2o1. The molecule has 0 aliphatic carbocycles. The maximum absolute atomic E-state index is 12.1. The van der Waals surface area contributed by atoms with E-state index in [2.05, 4.69) is 4.98 Å². The smallest absolute Gasteiger partial charge is 0.299 e. The molecule has 2 aromatic rings. The molecule has 6 nitrogen and oxygen atoms in total. The monoisotopic (exact) mass is 288 g/mol. The van der Waals surface area contributed by atoms with Crippen molar-refractivity contribution in [2.24, 2.45) is 11.5 Å². The van der Waals surface area contributed by atoms with Crippen LogP contribution in [0.3, 0.4) is 0 Å². The maximum atomic E-state index is 12.1. The van der Waals surface area contributed by atoms with Gasteiger partial charge in [0.25, 0.3) is 6.01 Å². The van der Waals surface area contributed by atoms with Crippen LogP contribution in [0.5, 0.6) is 0 Å². The van der Waals surface area contributed by atoms with Gasteiger partial charge in [-0.05, 0) is 44.4 Å². The van der Waals surface area contributed by atoms with Crippen LogP contribution < -0.4 is 16.4 Å². The summed E-state index contributed by atoms with van der Waals surface area (Å²) in [6, 6.07) is 8.02. The highest BCUT2D eigenvalue weighted by Gasteiger charge is 2.45. The first-order valence-corrected chi connectivity index (χ1v) is 7.30. The van der Waals surface area contributed by atoms with Crippen molar-refractivity contribution in [3.63, 3.8) is 0 Å². The third kappa shape index (κ3) is 2.25. The van der Waals surface area contributed by atoms with Gasteiger partial charge in [0.1, 0.15) is 11.1 Å². The van der Waals surface area contributed by atoms with Crippen molar-refractivity contribution in [1.82, 2.24) is 4.98 Å². The number of benzene rings is 1. The Morgan fingerprint density at radius 2 is 2.19 bits per heavy atom. The average Bonchev–Trinajstić information content (AvgIpc) is 2.91. The van der Waals surface area contributed by atoms with Crippen molar-refractivity contribution in [3.05, 3.63) is 24.3 Å². The van der Waals surface area contributed by atoms with Crippen LogP contribution in [-0.2, 0) is 4.79 Å². The number of carbonyl (C=O) groups excluding carboxylic acids is 1. The molecule has 0 saturated carbocycles. The second-order valence-electron chi connectivity index (χ2n) is 5.51. The van der Waals surface area contributed by atoms with E-state index < -0.39 is 5.54 Å². The fourth-order valence-corrected chi connectivity index (χ4v) is 3.17. The minimum absolute atomic E-state index is 0.352. The molecule has 1 unspecified atom stereocenters. The third-order valence-corrected chi connectivity index (χ3v) is 4.27. The van der Waals surface area contributed by atoms with Gasteiger partial charge in [-0.15, -0.1) is 0 Å². The lowest BCUT2D eigenvalue weighted by Gasteiger charge is -2.44. The van der Waals surface area contributed by atoms with Crippen molar-refractivity contribution < 1.29 is 9.21 Å². The van der Waals surface area contributed by atoms with Crippen molar-refractivity contribution in [2.45, 2.75) is 31.2 Å². The largest absolute Gasteiger partial charge is 0.423 e. The number of piperidine rings is 1. The number of hydrogen-bond acceptors (Lipinski definition) is 5. The van der Waals surface area contributed by atoms with Crippen LogP contribution in [0.15, 0.2) is 28.7 Å². The summed E-state index contributed by atoms with van der Waals surface area (Å²) in [5, 5.41) is 0. The minimum Gasteiger partial charge on any atom is -0.423 e. The topological polar surface area (TPSA) is 98.4 Å². The zero-order valence-corrected chi connectivity index (χ0v) is 11.9. The van der Waals surface area contributed by atoms with Crippen LogP contribution >= 0.6 is 0 Å². The molecular formula is C15H20N4O2. The van der Waals surface area contributed by atoms with Gasteiger partial charge in [0, 0.05) is 6.54 Å². The lowest BCUT2D eigenvalue weighted by atomic mass is 9.83. The second-order valence-corrected chi connectivity index (χ2v) is 5.51. The second kappa shape index (κ2) is 5.37. The van der Waals surface area contributed by atoms with Gasteiger partial charge in [-0.1, -0.05) is 12.1 Å². The Bertz CT molecular complexity index is 617. The molecule has 1 amide bonds. The highest BCUT2D eigenvalue weighted by Crippen LogP contribution is 2.36. The number of oxazole rings is 1. The molecule has 1 aliphatic heterocycles. The molecule has 1 atom stereocenters. The highest BCUT2D eigenvalue weighted by atomic mass is 16.4. The Morgan fingerprint density at radius 1 is 1.38 bits per heavy atom. The molecule has 2 heterocycles. The first-order chi connectivity index (χ1) is 10.2. The fourth-order valence-electron chi connectivity index (χ4n) is 3.17. The molecule has 0 bridgehead atoms. The Morgan fingerprint density at radius 3 is 2.90 bits per heavy atom. The van der Waals surface area contributed by atoms with Crippen LogP contribution in [0.4, 0.5) is 6.01 Å². The number of nitrogens with two attached hydrogens (primary N) is 2. The lowest BCUT2D eigenvalue weighted by Crippen LogP contribution is -2.61. The zero-order valence-electron chi connectivity index (χ0n) is 11.9. The standard InChI is InChI=1S/C15H20N4O2/c16-9-8-15(13(17)20)7-3-4-10-19(15)14-18-11-5-1-2-6-12(11)21-14/h1-2,5-6H,3-4,7-10,16H2,(H2,17,20). The van der Waals surface area contributed by atoms with Gasteiger partial charge in [0.2, 0.25) is 5.91 Å². The Labute approximate surface area is 123 Å². The number of anilines is 1. The van der Waals surface area contributed by atoms with Gasteiger partial charge < -0.3 is 20.8 Å². The summed E-state index contributed by atoms with van der Waals surface area (Å²) in [6.07, 6.45) is 3.15. The van der Waals surface area contributed by atoms with Crippen molar-refractivity contribution in [2.75, 3.05) is 18.0 Å². The van der Waals surface area contributed by atoms with E-state index >= 15 is 0 Å². The Kier molecular flexibility index (Phi) is 3.55. The van der Waals surface area contributed by atoms with Gasteiger partial charge in [-0.2, -0.15) is 4.98 Å². The third-order valence-electron chi connectivity index (χ3n) is 4.27. The molecule has 4 N–H and O–H groups in total. The zero-order chi connectivity index (χ0) is 14.9. The Hall–Kier alpha value is -2.08. The summed E-state index contributed by atoms with van der Waals surface area (Å²) in [5.41, 5.74) is 12.1. The molecule has 21 heavy (non-hydrogen) atoms. The Balaban J connectivity index is 2.05. The number of para-hydroxylation sites is 2. The molecular weight excluding hydrogens is 268 g/mol. The molecule has 1 aromatic carbocycles. The fraction of sp³-hybridized carbons (Fsp3) is 0.467. The number of fused-ring (bicyclic) bond motifs is 1. The average molecular weight is 288 g/mol. The summed E-state index contributed by atoms with van der Waals surface area (Å²) < 4.78 is 5.83. The lowest BCUT2D eigenvalue weighted by molar-refractivity contribution is -0.124. The van der Waals surface area contributed by atoms with E-state index in [-0.39, 0.29) is 5.91 Å². The summed E-state index contributed by atoms with van der Waals surface area (Å²) in [6.45, 7) is 1.11. The van der Waals surface area contributed by atoms with E-state index in [0.29, 0.717) is 37.5 Å². The van der Waals surface area contributed by atoms with E-state index in [9.17, 15) is 4.79 Å². The normalized spacial score (nSPS) is 22.6. The van der Waals surface area contributed by atoms with Crippen LogP contribution in [0, 0.1) is 0 Å². The number of rotatable bonds is 4. The number of aromatic nitrogens is 1. The predicted octanol–water partition coefficient (Wildman–Crippen LogP) is 1.39. The summed E-state index contributed by atoms with van der Waals surface area (Å²) in [7, 11) is 0. The molecule has 1 aliphatic rings. The number of nitrogens with zero attached hydrogens (tertiary/aromatic N) is 2. The number of amides is 1. The summed E-state index contributed by atoms with van der Waals surface area (Å²) in [4.78, 5) is 18.5. The first-order valence-electron chi connectivity index (χ1n) is 7.30. The molecule has 0 spiro atoms. The summed E-state index contributed by atoms with van der Waals surface area (Å²) >= 11 is 0. The molecule has 6 heteroatoms. The van der Waals surface area contributed by atoms with Crippen molar-refractivity contribution >= 4 is 23.0 Å². The van der Waals surface area contributed by atoms with Crippen molar-refractivity contribution in [3.8, 4) is 0 Å². The van der Waals surface area contributed by atoms with Crippen LogP contribution in [0.25, 0.3) is 11.1 Å². The van der Waals surface area contributed by atoms with Gasteiger partial charge in [-0.3, -0.25) is 4.79 Å². The van der Waals surface area contributed by atoms with Gasteiger partial charge in [-0.25, -0.2) is 0 Å². The minimum atomic E-state index is -0.784. The van der Waals surface area contributed by atoms with E-state index in [1.165, 1.54) is 0 Å². The van der Waals surface area contributed by atoms with Crippen LogP contribution in [0.1, 0.15) is 25.7 Å². The number of primary amides is 1. The van der Waals surface area contributed by atoms with E-state index in [0.717, 1.165) is 18.4 Å². The van der Waals surface area contributed by atoms with Gasteiger partial charge in [0.15, 0.2) is 5.58 Å². The van der Waals surface area contributed by atoms with E-state index in [1.54, 1.807) is 0 Å². The van der Waals surface area contributed by atoms with Crippen LogP contribution in [-0.4, -0.2) is 29.5 Å². The number of carbonyl (C=O) groups is 1.